The van der Waals surface area contributed by atoms with Gasteiger partial charge < -0.3 is 10.1 Å². The molecule has 2 heteroatoms. The fraction of sp³-hybridized carbons (Fsp3) is 0.667. The summed E-state index contributed by atoms with van der Waals surface area (Å²) in [6, 6.07) is 9.63. The van der Waals surface area contributed by atoms with E-state index >= 15 is 0 Å². The Labute approximate surface area is 123 Å². The smallest absolute Gasteiger partial charge is 0.0943 e. The molecule has 112 valence electrons. The van der Waals surface area contributed by atoms with Gasteiger partial charge in [0, 0.05) is 12.6 Å². The molecule has 1 aromatic carbocycles. The number of rotatable bonds is 6. The molecule has 1 aliphatic rings. The summed E-state index contributed by atoms with van der Waals surface area (Å²) in [5.41, 5.74) is 2.66. The third-order valence-corrected chi connectivity index (χ3v) is 4.56. The maximum Gasteiger partial charge on any atom is 0.0943 e. The zero-order valence-corrected chi connectivity index (χ0v) is 13.2. The Kier molecular flexibility index (Phi) is 5.62. The number of ether oxygens (including phenoxy) is 1. The standard InChI is InChI=1S/C18H29NO/c1-4-12-19-17-11-13-20-18(6-3,14-17)16-9-7-15(5-2)8-10-16/h7-10,17,19H,4-6,11-14H2,1-3H3. The lowest BCUT2D eigenvalue weighted by Gasteiger charge is -2.41. The van der Waals surface area contributed by atoms with Gasteiger partial charge in [0.2, 0.25) is 0 Å². The van der Waals surface area contributed by atoms with Crippen LogP contribution in [0.2, 0.25) is 0 Å². The Morgan fingerprint density at radius 2 is 1.95 bits per heavy atom. The summed E-state index contributed by atoms with van der Waals surface area (Å²) in [5, 5.41) is 3.67. The molecule has 2 rings (SSSR count). The van der Waals surface area contributed by atoms with Crippen LogP contribution in [0, 0.1) is 0 Å². The highest BCUT2D eigenvalue weighted by Gasteiger charge is 2.37. The second-order valence-electron chi connectivity index (χ2n) is 5.89. The van der Waals surface area contributed by atoms with E-state index in [0.717, 1.165) is 38.8 Å². The molecular formula is C18H29NO. The van der Waals surface area contributed by atoms with E-state index in [9.17, 15) is 0 Å². The van der Waals surface area contributed by atoms with Crippen molar-refractivity contribution >= 4 is 0 Å². The Morgan fingerprint density at radius 3 is 2.55 bits per heavy atom. The highest BCUT2D eigenvalue weighted by molar-refractivity contribution is 5.28. The monoisotopic (exact) mass is 275 g/mol. The number of benzene rings is 1. The summed E-state index contributed by atoms with van der Waals surface area (Å²) in [6.45, 7) is 8.65. The molecule has 0 bridgehead atoms. The molecule has 2 atom stereocenters. The van der Waals surface area contributed by atoms with Crippen molar-refractivity contribution in [3.05, 3.63) is 35.4 Å². The van der Waals surface area contributed by atoms with Gasteiger partial charge in [0.25, 0.3) is 0 Å². The van der Waals surface area contributed by atoms with Gasteiger partial charge in [-0.1, -0.05) is 45.0 Å². The third-order valence-electron chi connectivity index (χ3n) is 4.56. The maximum atomic E-state index is 6.24. The average molecular weight is 275 g/mol. The van der Waals surface area contributed by atoms with Crippen LogP contribution in [0.3, 0.4) is 0 Å². The molecule has 1 heterocycles. The SMILES string of the molecule is CCCNC1CCOC(CC)(c2ccc(CC)cc2)C1. The molecule has 0 radical (unpaired) electrons. The van der Waals surface area contributed by atoms with Gasteiger partial charge in [-0.3, -0.25) is 0 Å². The van der Waals surface area contributed by atoms with Crippen LogP contribution in [0.25, 0.3) is 0 Å². The van der Waals surface area contributed by atoms with Gasteiger partial charge in [-0.15, -0.1) is 0 Å². The summed E-state index contributed by atoms with van der Waals surface area (Å²) in [6.07, 6.45) is 5.56. The largest absolute Gasteiger partial charge is 0.370 e. The van der Waals surface area contributed by atoms with E-state index in [1.165, 1.54) is 17.5 Å². The lowest BCUT2D eigenvalue weighted by Crippen LogP contribution is -2.45. The molecule has 2 unspecified atom stereocenters. The molecule has 1 saturated heterocycles. The molecule has 20 heavy (non-hydrogen) atoms. The summed E-state index contributed by atoms with van der Waals surface area (Å²) >= 11 is 0. The highest BCUT2D eigenvalue weighted by atomic mass is 16.5. The Hall–Kier alpha value is -0.860. The number of hydrogen-bond acceptors (Lipinski definition) is 2. The summed E-state index contributed by atoms with van der Waals surface area (Å²) < 4.78 is 6.24. The van der Waals surface area contributed by atoms with Crippen molar-refractivity contribution in [3.63, 3.8) is 0 Å². The quantitative estimate of drug-likeness (QED) is 0.846. The minimum absolute atomic E-state index is 0.0874. The molecular weight excluding hydrogens is 246 g/mol. The van der Waals surface area contributed by atoms with E-state index in [-0.39, 0.29) is 5.60 Å². The molecule has 1 N–H and O–H groups in total. The van der Waals surface area contributed by atoms with E-state index in [1.807, 2.05) is 0 Å². The fourth-order valence-corrected chi connectivity index (χ4v) is 3.17. The lowest BCUT2D eigenvalue weighted by atomic mass is 9.81. The van der Waals surface area contributed by atoms with Crippen molar-refractivity contribution in [1.29, 1.82) is 0 Å². The van der Waals surface area contributed by atoms with Crippen LogP contribution in [0.15, 0.2) is 24.3 Å². The molecule has 1 aliphatic heterocycles. The van der Waals surface area contributed by atoms with Gasteiger partial charge in [0.05, 0.1) is 5.60 Å². The molecule has 1 aromatic rings. The molecule has 2 nitrogen and oxygen atoms in total. The predicted octanol–water partition coefficient (Wildman–Crippen LogP) is 4.03. The first kappa shape index (κ1) is 15.5. The summed E-state index contributed by atoms with van der Waals surface area (Å²) in [5.74, 6) is 0. The van der Waals surface area contributed by atoms with Gasteiger partial charge in [0.15, 0.2) is 0 Å². The van der Waals surface area contributed by atoms with E-state index in [0.29, 0.717) is 6.04 Å². The topological polar surface area (TPSA) is 21.3 Å². The van der Waals surface area contributed by atoms with Crippen molar-refractivity contribution in [3.8, 4) is 0 Å². The zero-order chi connectivity index (χ0) is 14.4. The number of nitrogens with one attached hydrogen (secondary N) is 1. The molecule has 0 amide bonds. The lowest BCUT2D eigenvalue weighted by molar-refractivity contribution is -0.0968. The fourth-order valence-electron chi connectivity index (χ4n) is 3.17. The Balaban J connectivity index is 2.14. The number of aryl methyl sites for hydroxylation is 1. The molecule has 0 aromatic heterocycles. The maximum absolute atomic E-state index is 6.24. The van der Waals surface area contributed by atoms with Crippen LogP contribution in [-0.4, -0.2) is 19.2 Å². The van der Waals surface area contributed by atoms with Crippen LogP contribution in [0.1, 0.15) is 57.6 Å². The first-order chi connectivity index (χ1) is 9.74. The molecule has 1 fully saturated rings. The third kappa shape index (κ3) is 3.42. The van der Waals surface area contributed by atoms with Crippen molar-refractivity contribution in [2.45, 2.75) is 64.5 Å². The van der Waals surface area contributed by atoms with Gasteiger partial charge >= 0.3 is 0 Å². The molecule has 0 aliphatic carbocycles. The van der Waals surface area contributed by atoms with Crippen LogP contribution < -0.4 is 5.32 Å². The minimum atomic E-state index is -0.0874. The Morgan fingerprint density at radius 1 is 1.20 bits per heavy atom. The first-order valence-electron chi connectivity index (χ1n) is 8.20. The van der Waals surface area contributed by atoms with E-state index in [1.54, 1.807) is 0 Å². The van der Waals surface area contributed by atoms with Crippen molar-refractivity contribution in [1.82, 2.24) is 5.32 Å². The minimum Gasteiger partial charge on any atom is -0.370 e. The normalized spacial score (nSPS) is 26.6. The molecule has 0 spiro atoms. The van der Waals surface area contributed by atoms with E-state index in [4.69, 9.17) is 4.74 Å². The van der Waals surface area contributed by atoms with Crippen LogP contribution in [0.5, 0.6) is 0 Å². The van der Waals surface area contributed by atoms with Crippen molar-refractivity contribution in [2.75, 3.05) is 13.2 Å². The molecule has 0 saturated carbocycles. The predicted molar refractivity (Wildman–Crippen MR) is 85.1 cm³/mol. The second kappa shape index (κ2) is 7.24. The first-order valence-corrected chi connectivity index (χ1v) is 8.20. The van der Waals surface area contributed by atoms with Crippen molar-refractivity contribution in [2.24, 2.45) is 0 Å². The highest BCUT2D eigenvalue weighted by Crippen LogP contribution is 2.38. The number of hydrogen-bond donors (Lipinski definition) is 1. The van der Waals surface area contributed by atoms with Gasteiger partial charge in [-0.2, -0.15) is 0 Å². The van der Waals surface area contributed by atoms with Crippen LogP contribution in [-0.2, 0) is 16.8 Å². The van der Waals surface area contributed by atoms with Gasteiger partial charge in [-0.25, -0.2) is 0 Å². The average Bonchev–Trinajstić information content (AvgIpc) is 2.53. The van der Waals surface area contributed by atoms with Gasteiger partial charge in [-0.05, 0) is 49.8 Å². The van der Waals surface area contributed by atoms with Crippen LogP contribution in [0.4, 0.5) is 0 Å². The summed E-state index contributed by atoms with van der Waals surface area (Å²) in [4.78, 5) is 0. The van der Waals surface area contributed by atoms with Crippen molar-refractivity contribution < 1.29 is 4.74 Å². The zero-order valence-electron chi connectivity index (χ0n) is 13.2. The van der Waals surface area contributed by atoms with E-state index in [2.05, 4.69) is 50.4 Å². The van der Waals surface area contributed by atoms with Gasteiger partial charge in [0.1, 0.15) is 0 Å². The second-order valence-corrected chi connectivity index (χ2v) is 5.89. The van der Waals surface area contributed by atoms with Crippen LogP contribution >= 0.6 is 0 Å². The summed E-state index contributed by atoms with van der Waals surface area (Å²) in [7, 11) is 0. The Bertz CT molecular complexity index is 400. The van der Waals surface area contributed by atoms with E-state index < -0.39 is 0 Å².